The normalized spacial score (nSPS) is 15.2. The van der Waals surface area contributed by atoms with Gasteiger partial charge in [0.15, 0.2) is 0 Å². The zero-order valence-corrected chi connectivity index (χ0v) is 17.7. The topological polar surface area (TPSA) is 85.6 Å². The second kappa shape index (κ2) is 9.27. The second-order valence-electron chi connectivity index (χ2n) is 7.54. The number of rotatable bonds is 5. The zero-order chi connectivity index (χ0) is 22.5. The van der Waals surface area contributed by atoms with E-state index in [2.05, 4.69) is 11.4 Å². The Hall–Kier alpha value is -4.24. The van der Waals surface area contributed by atoms with E-state index in [-0.39, 0.29) is 18.2 Å². The molecular weight excluding hydrogens is 400 g/mol. The van der Waals surface area contributed by atoms with Crippen LogP contribution in [0.5, 0.6) is 0 Å². The third kappa shape index (κ3) is 4.42. The summed E-state index contributed by atoms with van der Waals surface area (Å²) in [5.74, 6) is -0.579. The molecule has 0 saturated heterocycles. The summed E-state index contributed by atoms with van der Waals surface area (Å²) in [5, 5.41) is 11.8. The molecule has 1 aliphatic rings. The summed E-state index contributed by atoms with van der Waals surface area (Å²) >= 11 is 0. The van der Waals surface area contributed by atoms with Gasteiger partial charge in [-0.1, -0.05) is 60.7 Å². The van der Waals surface area contributed by atoms with Gasteiger partial charge in [0, 0.05) is 24.6 Å². The molecule has 0 radical (unpaired) electrons. The van der Waals surface area contributed by atoms with E-state index < -0.39 is 6.17 Å². The lowest BCUT2D eigenvalue weighted by atomic mass is 10.0. The van der Waals surface area contributed by atoms with Gasteiger partial charge in [0.2, 0.25) is 12.1 Å². The molecule has 6 nitrogen and oxygen atoms in total. The van der Waals surface area contributed by atoms with Crippen LogP contribution in [-0.4, -0.2) is 30.7 Å². The fraction of sp³-hybridized carbons (Fsp3) is 0.154. The Bertz CT molecular complexity index is 1230. The minimum atomic E-state index is -1.03. The average molecular weight is 422 g/mol. The largest absolute Gasteiger partial charge is 0.327 e. The summed E-state index contributed by atoms with van der Waals surface area (Å²) in [4.78, 5) is 32.1. The molecule has 158 valence electrons. The number of benzodiazepines with no additional fused rings is 1. The first kappa shape index (κ1) is 21.0. The highest BCUT2D eigenvalue weighted by Gasteiger charge is 2.30. The molecule has 6 heteroatoms. The first-order valence-electron chi connectivity index (χ1n) is 10.4. The van der Waals surface area contributed by atoms with E-state index in [1.54, 1.807) is 25.2 Å². The number of nitriles is 1. The van der Waals surface area contributed by atoms with Crippen molar-refractivity contribution in [3.05, 3.63) is 101 Å². The number of aryl methyl sites for hydroxylation is 1. The molecule has 0 aliphatic carbocycles. The third-order valence-electron chi connectivity index (χ3n) is 5.38. The molecule has 0 spiro atoms. The number of carbonyl (C=O) groups excluding carboxylic acids is 2. The highest BCUT2D eigenvalue weighted by atomic mass is 16.2. The van der Waals surface area contributed by atoms with Crippen LogP contribution in [0.2, 0.25) is 0 Å². The maximum Gasteiger partial charge on any atom is 0.272 e. The molecule has 32 heavy (non-hydrogen) atoms. The number of hydrogen-bond donors (Lipinski definition) is 1. The highest BCUT2D eigenvalue weighted by molar-refractivity contribution is 6.20. The van der Waals surface area contributed by atoms with Crippen molar-refractivity contribution in [3.63, 3.8) is 0 Å². The van der Waals surface area contributed by atoms with Gasteiger partial charge in [0.1, 0.15) is 0 Å². The summed E-state index contributed by atoms with van der Waals surface area (Å²) in [6.07, 6.45) is -0.375. The van der Waals surface area contributed by atoms with Crippen molar-refractivity contribution >= 4 is 23.2 Å². The first-order chi connectivity index (χ1) is 15.6. The van der Waals surface area contributed by atoms with Gasteiger partial charge in [0.05, 0.1) is 23.0 Å². The van der Waals surface area contributed by atoms with Gasteiger partial charge in [-0.05, 0) is 30.2 Å². The maximum atomic E-state index is 13.1. The van der Waals surface area contributed by atoms with E-state index in [1.807, 2.05) is 60.7 Å². The van der Waals surface area contributed by atoms with E-state index in [0.717, 1.165) is 22.4 Å². The van der Waals surface area contributed by atoms with Crippen LogP contribution in [0.4, 0.5) is 5.69 Å². The molecule has 1 aliphatic heterocycles. The van der Waals surface area contributed by atoms with Gasteiger partial charge in [-0.2, -0.15) is 5.26 Å². The molecule has 4 rings (SSSR count). The SMILES string of the molecule is CN1C(=O)[C@H](NC(=O)CCc2cccc(C#N)c2)N=C(c2ccccc2)c2ccccc21. The minimum Gasteiger partial charge on any atom is -0.327 e. The van der Waals surface area contributed by atoms with Crippen molar-refractivity contribution in [3.8, 4) is 6.07 Å². The molecule has 3 aromatic rings. The van der Waals surface area contributed by atoms with Crippen LogP contribution in [0.3, 0.4) is 0 Å². The molecular formula is C26H22N4O2. The number of nitrogens with one attached hydrogen (secondary N) is 1. The zero-order valence-electron chi connectivity index (χ0n) is 17.7. The molecule has 0 fully saturated rings. The number of hydrogen-bond acceptors (Lipinski definition) is 4. The van der Waals surface area contributed by atoms with Gasteiger partial charge in [0.25, 0.3) is 5.91 Å². The molecule has 1 heterocycles. The quantitative estimate of drug-likeness (QED) is 0.683. The van der Waals surface area contributed by atoms with Crippen molar-refractivity contribution in [2.24, 2.45) is 4.99 Å². The monoisotopic (exact) mass is 422 g/mol. The van der Waals surface area contributed by atoms with Gasteiger partial charge in [-0.15, -0.1) is 0 Å². The van der Waals surface area contributed by atoms with E-state index in [9.17, 15) is 9.59 Å². The first-order valence-corrected chi connectivity index (χ1v) is 10.4. The van der Waals surface area contributed by atoms with Crippen molar-refractivity contribution in [1.29, 1.82) is 5.26 Å². The fourth-order valence-electron chi connectivity index (χ4n) is 3.72. The second-order valence-corrected chi connectivity index (χ2v) is 7.54. The number of carbonyl (C=O) groups is 2. The highest BCUT2D eigenvalue weighted by Crippen LogP contribution is 2.27. The lowest BCUT2D eigenvalue weighted by molar-refractivity contribution is -0.127. The smallest absolute Gasteiger partial charge is 0.272 e. The molecule has 2 amide bonds. The number of benzene rings is 3. The summed E-state index contributed by atoms with van der Waals surface area (Å²) in [6, 6.07) is 26.5. The van der Waals surface area contributed by atoms with E-state index in [0.29, 0.717) is 17.7 Å². The van der Waals surface area contributed by atoms with Gasteiger partial charge < -0.3 is 10.2 Å². The Morgan fingerprint density at radius 2 is 1.81 bits per heavy atom. The maximum absolute atomic E-state index is 13.1. The number of para-hydroxylation sites is 1. The average Bonchev–Trinajstić information content (AvgIpc) is 2.94. The molecule has 3 aromatic carbocycles. The van der Waals surface area contributed by atoms with Crippen LogP contribution in [0.15, 0.2) is 83.9 Å². The van der Waals surface area contributed by atoms with Crippen molar-refractivity contribution in [1.82, 2.24) is 5.32 Å². The molecule has 0 unspecified atom stereocenters. The fourth-order valence-corrected chi connectivity index (χ4v) is 3.72. The lowest BCUT2D eigenvalue weighted by Gasteiger charge is -2.20. The molecule has 0 bridgehead atoms. The van der Waals surface area contributed by atoms with Crippen LogP contribution in [0.25, 0.3) is 0 Å². The predicted molar refractivity (Wildman–Crippen MR) is 123 cm³/mol. The summed E-state index contributed by atoms with van der Waals surface area (Å²) in [7, 11) is 1.69. The van der Waals surface area contributed by atoms with Crippen LogP contribution >= 0.6 is 0 Å². The number of anilines is 1. The standard InChI is InChI=1S/C26H22N4O2/c1-30-22-13-6-5-12-21(22)24(20-10-3-2-4-11-20)29-25(26(30)32)28-23(31)15-14-18-8-7-9-19(16-18)17-27/h2-13,16,25H,14-15H2,1H3,(H,28,31)/t25-/m1/s1. The van der Waals surface area contributed by atoms with Crippen LogP contribution < -0.4 is 10.2 Å². The van der Waals surface area contributed by atoms with E-state index in [1.165, 1.54) is 4.90 Å². The molecule has 1 atom stereocenters. The Labute approximate surface area is 186 Å². The van der Waals surface area contributed by atoms with Crippen molar-refractivity contribution in [2.45, 2.75) is 19.0 Å². The lowest BCUT2D eigenvalue weighted by Crippen LogP contribution is -2.46. The Kier molecular flexibility index (Phi) is 6.09. The molecule has 1 N–H and O–H groups in total. The van der Waals surface area contributed by atoms with Crippen molar-refractivity contribution < 1.29 is 9.59 Å². The Morgan fingerprint density at radius 3 is 2.59 bits per heavy atom. The number of aliphatic imine (C=N–C) groups is 1. The number of fused-ring (bicyclic) bond motifs is 1. The minimum absolute atomic E-state index is 0.186. The number of amides is 2. The van der Waals surface area contributed by atoms with Gasteiger partial charge in [-0.25, -0.2) is 4.99 Å². The Balaban J connectivity index is 1.59. The number of nitrogens with zero attached hydrogens (tertiary/aromatic N) is 3. The van der Waals surface area contributed by atoms with Crippen LogP contribution in [0, 0.1) is 11.3 Å². The molecule has 0 aromatic heterocycles. The van der Waals surface area contributed by atoms with Gasteiger partial charge >= 0.3 is 0 Å². The van der Waals surface area contributed by atoms with Crippen molar-refractivity contribution in [2.75, 3.05) is 11.9 Å². The Morgan fingerprint density at radius 1 is 1.06 bits per heavy atom. The third-order valence-corrected chi connectivity index (χ3v) is 5.38. The van der Waals surface area contributed by atoms with E-state index >= 15 is 0 Å². The summed E-state index contributed by atoms with van der Waals surface area (Å²) in [5.41, 5.74) is 4.55. The van der Waals surface area contributed by atoms with Crippen LogP contribution in [-0.2, 0) is 16.0 Å². The van der Waals surface area contributed by atoms with Crippen LogP contribution in [0.1, 0.15) is 28.7 Å². The molecule has 0 saturated carbocycles. The van der Waals surface area contributed by atoms with Gasteiger partial charge in [-0.3, -0.25) is 9.59 Å². The summed E-state index contributed by atoms with van der Waals surface area (Å²) in [6.45, 7) is 0. The predicted octanol–water partition coefficient (Wildman–Crippen LogP) is 3.45. The summed E-state index contributed by atoms with van der Waals surface area (Å²) < 4.78 is 0. The number of likely N-dealkylation sites (N-methyl/N-ethyl adjacent to an activating group) is 1. The van der Waals surface area contributed by atoms with E-state index in [4.69, 9.17) is 10.3 Å².